The number of aliphatic hydroxyl groups is 1. The van der Waals surface area contributed by atoms with E-state index in [0.29, 0.717) is 0 Å². The molecule has 22 heavy (non-hydrogen) atoms. The molecule has 0 aliphatic heterocycles. The highest BCUT2D eigenvalue weighted by Crippen LogP contribution is 2.24. The fourth-order valence-electron chi connectivity index (χ4n) is 2.36. The summed E-state index contributed by atoms with van der Waals surface area (Å²) in [5, 5.41) is 13.4. The summed E-state index contributed by atoms with van der Waals surface area (Å²) in [7, 11) is 0. The minimum Gasteiger partial charge on any atom is -0.384 e. The van der Waals surface area contributed by atoms with E-state index in [1.807, 2.05) is 74.5 Å². The van der Waals surface area contributed by atoms with Crippen molar-refractivity contribution in [3.63, 3.8) is 0 Å². The van der Waals surface area contributed by atoms with Gasteiger partial charge in [0.05, 0.1) is 12.0 Å². The SMILES string of the molecule is CC(O)(CNC(=O)C(C)(C)c1ccccc1)c1ccccc1. The van der Waals surface area contributed by atoms with E-state index in [4.69, 9.17) is 0 Å². The van der Waals surface area contributed by atoms with E-state index in [9.17, 15) is 9.90 Å². The molecule has 0 fully saturated rings. The van der Waals surface area contributed by atoms with Crippen LogP contribution >= 0.6 is 0 Å². The molecular formula is C19H23NO2. The average molecular weight is 297 g/mol. The molecule has 2 N–H and O–H groups in total. The van der Waals surface area contributed by atoms with Crippen LogP contribution in [0.4, 0.5) is 0 Å². The lowest BCUT2D eigenvalue weighted by atomic mass is 9.83. The molecule has 0 aromatic heterocycles. The molecular weight excluding hydrogens is 274 g/mol. The quantitative estimate of drug-likeness (QED) is 0.891. The third-order valence-electron chi connectivity index (χ3n) is 4.05. The van der Waals surface area contributed by atoms with Crippen LogP contribution < -0.4 is 5.32 Å². The van der Waals surface area contributed by atoms with Crippen LogP contribution in [-0.2, 0) is 15.8 Å². The first-order valence-electron chi connectivity index (χ1n) is 7.46. The molecule has 2 rings (SSSR count). The van der Waals surface area contributed by atoms with Crippen LogP contribution in [0.5, 0.6) is 0 Å². The number of nitrogens with one attached hydrogen (secondary N) is 1. The number of hydrogen-bond acceptors (Lipinski definition) is 2. The fourth-order valence-corrected chi connectivity index (χ4v) is 2.36. The number of carbonyl (C=O) groups excluding carboxylic acids is 1. The summed E-state index contributed by atoms with van der Waals surface area (Å²) in [6.45, 7) is 5.65. The van der Waals surface area contributed by atoms with Crippen molar-refractivity contribution in [2.75, 3.05) is 6.54 Å². The Morgan fingerprint density at radius 2 is 1.36 bits per heavy atom. The van der Waals surface area contributed by atoms with E-state index in [0.717, 1.165) is 11.1 Å². The van der Waals surface area contributed by atoms with Gasteiger partial charge in [-0.25, -0.2) is 0 Å². The lowest BCUT2D eigenvalue weighted by molar-refractivity contribution is -0.126. The second-order valence-electron chi connectivity index (χ2n) is 6.31. The van der Waals surface area contributed by atoms with Gasteiger partial charge in [-0.1, -0.05) is 60.7 Å². The van der Waals surface area contributed by atoms with Crippen molar-refractivity contribution >= 4 is 5.91 Å². The van der Waals surface area contributed by atoms with Gasteiger partial charge in [0.25, 0.3) is 0 Å². The van der Waals surface area contributed by atoms with E-state index in [1.54, 1.807) is 6.92 Å². The van der Waals surface area contributed by atoms with Gasteiger partial charge in [-0.15, -0.1) is 0 Å². The van der Waals surface area contributed by atoms with Crippen LogP contribution in [0.25, 0.3) is 0 Å². The first-order valence-corrected chi connectivity index (χ1v) is 7.46. The molecule has 0 saturated heterocycles. The Morgan fingerprint density at radius 3 is 1.86 bits per heavy atom. The predicted molar refractivity (Wildman–Crippen MR) is 88.5 cm³/mol. The normalized spacial score (nSPS) is 14.2. The zero-order valence-corrected chi connectivity index (χ0v) is 13.3. The molecule has 0 spiro atoms. The molecule has 0 aliphatic rings. The molecule has 1 atom stereocenters. The van der Waals surface area contributed by atoms with E-state index in [-0.39, 0.29) is 12.5 Å². The van der Waals surface area contributed by atoms with Crippen molar-refractivity contribution in [2.24, 2.45) is 0 Å². The van der Waals surface area contributed by atoms with Crippen LogP contribution in [0, 0.1) is 0 Å². The maximum absolute atomic E-state index is 12.5. The molecule has 2 aromatic carbocycles. The van der Waals surface area contributed by atoms with E-state index >= 15 is 0 Å². The number of benzene rings is 2. The number of amides is 1. The van der Waals surface area contributed by atoms with Crippen molar-refractivity contribution in [2.45, 2.75) is 31.8 Å². The first kappa shape index (κ1) is 16.2. The van der Waals surface area contributed by atoms with Crippen molar-refractivity contribution in [3.05, 3.63) is 71.8 Å². The zero-order valence-electron chi connectivity index (χ0n) is 13.3. The summed E-state index contributed by atoms with van der Waals surface area (Å²) >= 11 is 0. The Kier molecular flexibility index (Phi) is 4.67. The van der Waals surface area contributed by atoms with Crippen molar-refractivity contribution in [1.29, 1.82) is 0 Å². The molecule has 116 valence electrons. The van der Waals surface area contributed by atoms with Gasteiger partial charge in [-0.05, 0) is 31.9 Å². The fraction of sp³-hybridized carbons (Fsp3) is 0.316. The molecule has 3 nitrogen and oxygen atoms in total. The van der Waals surface area contributed by atoms with Crippen molar-refractivity contribution in [1.82, 2.24) is 5.32 Å². The molecule has 0 heterocycles. The summed E-state index contributed by atoms with van der Waals surface area (Å²) < 4.78 is 0. The number of carbonyl (C=O) groups is 1. The molecule has 0 saturated carbocycles. The monoisotopic (exact) mass is 297 g/mol. The molecule has 1 amide bonds. The third-order valence-corrected chi connectivity index (χ3v) is 4.05. The van der Waals surface area contributed by atoms with Gasteiger partial charge in [0.1, 0.15) is 5.60 Å². The second kappa shape index (κ2) is 6.32. The second-order valence-corrected chi connectivity index (χ2v) is 6.31. The number of rotatable bonds is 5. The summed E-state index contributed by atoms with van der Waals surface area (Å²) in [5.74, 6) is -0.102. The highest BCUT2D eigenvalue weighted by atomic mass is 16.3. The maximum atomic E-state index is 12.5. The highest BCUT2D eigenvalue weighted by Gasteiger charge is 2.31. The summed E-state index contributed by atoms with van der Waals surface area (Å²) in [6, 6.07) is 19.0. The Hall–Kier alpha value is -2.13. The molecule has 2 aromatic rings. The Bertz CT molecular complexity index is 618. The van der Waals surface area contributed by atoms with Gasteiger partial charge in [0, 0.05) is 0 Å². The highest BCUT2D eigenvalue weighted by molar-refractivity contribution is 5.87. The maximum Gasteiger partial charge on any atom is 0.230 e. The third kappa shape index (κ3) is 3.55. The van der Waals surface area contributed by atoms with Crippen LogP contribution in [0.2, 0.25) is 0 Å². The van der Waals surface area contributed by atoms with Gasteiger partial charge >= 0.3 is 0 Å². The summed E-state index contributed by atoms with van der Waals surface area (Å²) in [5.41, 5.74) is -0.00257. The van der Waals surface area contributed by atoms with Gasteiger partial charge in [0.15, 0.2) is 0 Å². The molecule has 0 radical (unpaired) electrons. The van der Waals surface area contributed by atoms with Gasteiger partial charge in [-0.3, -0.25) is 4.79 Å². The Balaban J connectivity index is 2.06. The van der Waals surface area contributed by atoms with E-state index in [1.165, 1.54) is 0 Å². The van der Waals surface area contributed by atoms with E-state index in [2.05, 4.69) is 5.32 Å². The minimum atomic E-state index is -1.09. The van der Waals surface area contributed by atoms with Gasteiger partial charge in [-0.2, -0.15) is 0 Å². The smallest absolute Gasteiger partial charge is 0.230 e. The molecule has 3 heteroatoms. The lowest BCUT2D eigenvalue weighted by Crippen LogP contribution is -2.45. The standard InChI is InChI=1S/C19H23NO2/c1-18(2,15-10-6-4-7-11-15)17(21)20-14-19(3,22)16-12-8-5-9-13-16/h4-13,22H,14H2,1-3H3,(H,20,21). The summed E-state index contributed by atoms with van der Waals surface area (Å²) in [4.78, 5) is 12.5. The van der Waals surface area contributed by atoms with Crippen LogP contribution in [0.1, 0.15) is 31.9 Å². The predicted octanol–water partition coefficient (Wildman–Crippen LogP) is 2.99. The largest absolute Gasteiger partial charge is 0.384 e. The molecule has 0 bridgehead atoms. The van der Waals surface area contributed by atoms with Crippen LogP contribution in [0.3, 0.4) is 0 Å². The van der Waals surface area contributed by atoms with Gasteiger partial charge in [0.2, 0.25) is 5.91 Å². The topological polar surface area (TPSA) is 49.3 Å². The van der Waals surface area contributed by atoms with Gasteiger partial charge < -0.3 is 10.4 Å². The number of hydrogen-bond donors (Lipinski definition) is 2. The van der Waals surface area contributed by atoms with Crippen molar-refractivity contribution in [3.8, 4) is 0 Å². The average Bonchev–Trinajstić information content (AvgIpc) is 2.54. The molecule has 1 unspecified atom stereocenters. The first-order chi connectivity index (χ1) is 10.3. The molecule has 0 aliphatic carbocycles. The van der Waals surface area contributed by atoms with E-state index < -0.39 is 11.0 Å². The lowest BCUT2D eigenvalue weighted by Gasteiger charge is -2.29. The van der Waals surface area contributed by atoms with Crippen LogP contribution in [0.15, 0.2) is 60.7 Å². The van der Waals surface area contributed by atoms with Crippen LogP contribution in [-0.4, -0.2) is 17.6 Å². The van der Waals surface area contributed by atoms with Crippen molar-refractivity contribution < 1.29 is 9.90 Å². The Morgan fingerprint density at radius 1 is 0.909 bits per heavy atom. The minimum absolute atomic E-state index is 0.102. The zero-order chi connectivity index (χ0) is 16.2. The summed E-state index contributed by atoms with van der Waals surface area (Å²) in [6.07, 6.45) is 0. The Labute approximate surface area is 132 Å².